The maximum atomic E-state index is 10.7. The summed E-state index contributed by atoms with van der Waals surface area (Å²) in [5.74, 6) is -0.628. The van der Waals surface area contributed by atoms with Crippen LogP contribution in [0, 0.1) is 6.92 Å². The molecule has 5 heteroatoms. The maximum absolute atomic E-state index is 10.7. The maximum Gasteiger partial charge on any atom is 0.356 e. The summed E-state index contributed by atoms with van der Waals surface area (Å²) in [5.41, 5.74) is 2.23. The fourth-order valence-corrected chi connectivity index (χ4v) is 1.45. The highest BCUT2D eigenvalue weighted by Crippen LogP contribution is 2.07. The third kappa shape index (κ3) is 3.04. The van der Waals surface area contributed by atoms with E-state index in [0.29, 0.717) is 12.4 Å². The number of hydrogen-bond donors (Lipinski definition) is 2. The summed E-state index contributed by atoms with van der Waals surface area (Å²) < 4.78 is 0. The molecule has 0 amide bonds. The number of hydrogen-bond acceptors (Lipinski definition) is 4. The van der Waals surface area contributed by atoms with Crippen molar-refractivity contribution in [3.05, 3.63) is 53.5 Å². The number of aryl methyl sites for hydroxylation is 1. The number of carboxylic acid groups (broad SMARTS) is 1. The Morgan fingerprint density at radius 2 is 2.00 bits per heavy atom. The van der Waals surface area contributed by atoms with Crippen molar-refractivity contribution in [1.29, 1.82) is 0 Å². The zero-order chi connectivity index (χ0) is 13.0. The molecule has 0 fully saturated rings. The van der Waals surface area contributed by atoms with E-state index < -0.39 is 5.97 Å². The second-order valence-corrected chi connectivity index (χ2v) is 3.93. The van der Waals surface area contributed by atoms with E-state index in [-0.39, 0.29) is 5.69 Å². The van der Waals surface area contributed by atoms with Crippen LogP contribution in [0.2, 0.25) is 0 Å². The minimum Gasteiger partial charge on any atom is -0.476 e. The molecule has 5 nitrogen and oxygen atoms in total. The lowest BCUT2D eigenvalue weighted by atomic mass is 10.1. The third-order valence-corrected chi connectivity index (χ3v) is 2.45. The summed E-state index contributed by atoms with van der Waals surface area (Å²) in [6, 6.07) is 8.07. The van der Waals surface area contributed by atoms with Crippen LogP contribution in [0.5, 0.6) is 0 Å². The summed E-state index contributed by atoms with van der Waals surface area (Å²) in [5, 5.41) is 11.8. The molecule has 0 unspecified atom stereocenters. The van der Waals surface area contributed by atoms with Gasteiger partial charge in [0.05, 0.1) is 12.4 Å². The van der Waals surface area contributed by atoms with Gasteiger partial charge in [-0.25, -0.2) is 9.78 Å². The summed E-state index contributed by atoms with van der Waals surface area (Å²) in [7, 11) is 0. The van der Waals surface area contributed by atoms with Crippen LogP contribution in [-0.2, 0) is 6.54 Å². The number of aromatic nitrogens is 2. The lowest BCUT2D eigenvalue weighted by Crippen LogP contribution is -2.06. The second-order valence-electron chi connectivity index (χ2n) is 3.93. The van der Waals surface area contributed by atoms with Gasteiger partial charge in [-0.2, -0.15) is 0 Å². The van der Waals surface area contributed by atoms with Crippen LogP contribution in [0.4, 0.5) is 5.82 Å². The molecule has 18 heavy (non-hydrogen) atoms. The first kappa shape index (κ1) is 12.0. The molecule has 0 saturated heterocycles. The van der Waals surface area contributed by atoms with E-state index in [1.807, 2.05) is 31.2 Å². The van der Waals surface area contributed by atoms with Gasteiger partial charge in [-0.05, 0) is 12.5 Å². The molecule has 0 aliphatic carbocycles. The van der Waals surface area contributed by atoms with E-state index in [1.165, 1.54) is 18.0 Å². The van der Waals surface area contributed by atoms with Crippen molar-refractivity contribution in [2.24, 2.45) is 0 Å². The molecule has 1 heterocycles. The minimum atomic E-state index is -1.08. The predicted octanol–water partition coefficient (Wildman–Crippen LogP) is 2.10. The molecule has 1 aromatic carbocycles. The van der Waals surface area contributed by atoms with Crippen LogP contribution in [0.15, 0.2) is 36.7 Å². The normalized spacial score (nSPS) is 10.1. The molecule has 0 bridgehead atoms. The number of anilines is 1. The van der Waals surface area contributed by atoms with Gasteiger partial charge in [0.2, 0.25) is 0 Å². The van der Waals surface area contributed by atoms with Crippen molar-refractivity contribution in [3.63, 3.8) is 0 Å². The number of benzene rings is 1. The number of nitrogens with one attached hydrogen (secondary N) is 1. The van der Waals surface area contributed by atoms with Crippen molar-refractivity contribution in [3.8, 4) is 0 Å². The van der Waals surface area contributed by atoms with Crippen molar-refractivity contribution >= 4 is 11.8 Å². The molecule has 2 aromatic rings. The molecule has 0 radical (unpaired) electrons. The molecule has 0 spiro atoms. The van der Waals surface area contributed by atoms with Gasteiger partial charge >= 0.3 is 5.97 Å². The van der Waals surface area contributed by atoms with Crippen molar-refractivity contribution in [1.82, 2.24) is 9.97 Å². The number of aromatic carboxylic acids is 1. The molecular formula is C13H13N3O2. The molecule has 1 aromatic heterocycles. The molecule has 2 N–H and O–H groups in total. The van der Waals surface area contributed by atoms with E-state index in [0.717, 1.165) is 5.56 Å². The third-order valence-electron chi connectivity index (χ3n) is 2.45. The predicted molar refractivity (Wildman–Crippen MR) is 67.5 cm³/mol. The van der Waals surface area contributed by atoms with Crippen molar-refractivity contribution in [2.45, 2.75) is 13.5 Å². The van der Waals surface area contributed by atoms with Crippen molar-refractivity contribution < 1.29 is 9.90 Å². The number of rotatable bonds is 4. The highest BCUT2D eigenvalue weighted by Gasteiger charge is 2.05. The monoisotopic (exact) mass is 243 g/mol. The molecule has 92 valence electrons. The molecule has 0 aliphatic rings. The Morgan fingerprint density at radius 3 is 2.67 bits per heavy atom. The van der Waals surface area contributed by atoms with Crippen LogP contribution < -0.4 is 5.32 Å². The van der Waals surface area contributed by atoms with E-state index in [2.05, 4.69) is 15.3 Å². The smallest absolute Gasteiger partial charge is 0.356 e. The lowest BCUT2D eigenvalue weighted by molar-refractivity contribution is 0.0690. The second kappa shape index (κ2) is 5.27. The number of carbonyl (C=O) groups is 1. The standard InChI is InChI=1S/C13H13N3O2/c1-9-2-4-10(5-3-9)6-15-12-8-14-7-11(16-12)13(17)18/h2-5,7-8H,6H2,1H3,(H,15,16)(H,17,18). The lowest BCUT2D eigenvalue weighted by Gasteiger charge is -2.06. The first-order valence-corrected chi connectivity index (χ1v) is 5.50. The summed E-state index contributed by atoms with van der Waals surface area (Å²) in [6.45, 7) is 2.61. The van der Waals surface area contributed by atoms with Crippen LogP contribution in [-0.4, -0.2) is 21.0 Å². The Bertz CT molecular complexity index is 552. The topological polar surface area (TPSA) is 75.1 Å². The van der Waals surface area contributed by atoms with Gasteiger partial charge in [0.1, 0.15) is 5.82 Å². The fraction of sp³-hybridized carbons (Fsp3) is 0.154. The van der Waals surface area contributed by atoms with E-state index in [1.54, 1.807) is 0 Å². The molecule has 0 saturated carbocycles. The summed E-state index contributed by atoms with van der Waals surface area (Å²) >= 11 is 0. The van der Waals surface area contributed by atoms with Crippen molar-refractivity contribution in [2.75, 3.05) is 5.32 Å². The number of carboxylic acids is 1. The van der Waals surface area contributed by atoms with Gasteiger partial charge in [-0.3, -0.25) is 4.98 Å². The summed E-state index contributed by atoms with van der Waals surface area (Å²) in [6.07, 6.45) is 2.72. The average molecular weight is 243 g/mol. The van der Waals surface area contributed by atoms with Gasteiger partial charge in [0, 0.05) is 6.54 Å². The Morgan fingerprint density at radius 1 is 1.28 bits per heavy atom. The Balaban J connectivity index is 2.04. The van der Waals surface area contributed by atoms with Gasteiger partial charge < -0.3 is 10.4 Å². The van der Waals surface area contributed by atoms with Crippen LogP contribution >= 0.6 is 0 Å². The largest absolute Gasteiger partial charge is 0.476 e. The average Bonchev–Trinajstić information content (AvgIpc) is 2.38. The van der Waals surface area contributed by atoms with E-state index >= 15 is 0 Å². The van der Waals surface area contributed by atoms with Gasteiger partial charge in [0.15, 0.2) is 5.69 Å². The van der Waals surface area contributed by atoms with Crippen LogP contribution in [0.3, 0.4) is 0 Å². The molecule has 0 atom stereocenters. The van der Waals surface area contributed by atoms with Crippen LogP contribution in [0.1, 0.15) is 21.6 Å². The van der Waals surface area contributed by atoms with E-state index in [4.69, 9.17) is 5.11 Å². The quantitative estimate of drug-likeness (QED) is 0.860. The van der Waals surface area contributed by atoms with E-state index in [9.17, 15) is 4.79 Å². The first-order valence-electron chi connectivity index (χ1n) is 5.50. The zero-order valence-electron chi connectivity index (χ0n) is 9.92. The van der Waals surface area contributed by atoms with Gasteiger partial charge in [-0.15, -0.1) is 0 Å². The summed E-state index contributed by atoms with van der Waals surface area (Å²) in [4.78, 5) is 18.5. The highest BCUT2D eigenvalue weighted by molar-refractivity contribution is 5.85. The molecular weight excluding hydrogens is 230 g/mol. The van der Waals surface area contributed by atoms with Crippen LogP contribution in [0.25, 0.3) is 0 Å². The van der Waals surface area contributed by atoms with Gasteiger partial charge in [0.25, 0.3) is 0 Å². The minimum absolute atomic E-state index is 0.0658. The molecule has 0 aliphatic heterocycles. The number of nitrogens with zero attached hydrogens (tertiary/aromatic N) is 2. The fourth-order valence-electron chi connectivity index (χ4n) is 1.45. The first-order chi connectivity index (χ1) is 8.65. The zero-order valence-corrected chi connectivity index (χ0v) is 9.92. The Kier molecular flexibility index (Phi) is 3.52. The highest BCUT2D eigenvalue weighted by atomic mass is 16.4. The van der Waals surface area contributed by atoms with Gasteiger partial charge in [-0.1, -0.05) is 29.8 Å². The SMILES string of the molecule is Cc1ccc(CNc2cncc(C(=O)O)n2)cc1. The Labute approximate surface area is 105 Å². The molecule has 2 rings (SSSR count). The Hall–Kier alpha value is -2.43.